The van der Waals surface area contributed by atoms with Gasteiger partial charge in [-0.3, -0.25) is 14.5 Å². The minimum absolute atomic E-state index is 0.174. The Morgan fingerprint density at radius 3 is 1.88 bits per heavy atom. The van der Waals surface area contributed by atoms with Gasteiger partial charge in [0.15, 0.2) is 0 Å². The molecule has 4 heteroatoms. The van der Waals surface area contributed by atoms with Gasteiger partial charge in [0, 0.05) is 0 Å². The number of rotatable bonds is 4. The highest BCUT2D eigenvalue weighted by Gasteiger charge is 2.35. The maximum Gasteiger partial charge on any atom is 0.261 e. The summed E-state index contributed by atoms with van der Waals surface area (Å²) >= 11 is 0. The Labute approximate surface area is 152 Å². The van der Waals surface area contributed by atoms with Crippen molar-refractivity contribution < 1.29 is 9.59 Å². The van der Waals surface area contributed by atoms with Gasteiger partial charge < -0.3 is 0 Å². The second-order valence-corrected chi connectivity index (χ2v) is 6.00. The van der Waals surface area contributed by atoms with Crippen molar-refractivity contribution in [1.82, 2.24) is 4.90 Å². The van der Waals surface area contributed by atoms with Crippen LogP contribution in [0.1, 0.15) is 56.8 Å². The predicted molar refractivity (Wildman–Crippen MR) is 101 cm³/mol. The molecule has 0 atom stereocenters. The van der Waals surface area contributed by atoms with Gasteiger partial charge in [-0.15, -0.1) is 0 Å². The molecule has 1 aliphatic heterocycles. The number of nitriles is 1. The van der Waals surface area contributed by atoms with E-state index in [0.29, 0.717) is 16.7 Å². The molecule has 0 saturated carbocycles. The Kier molecular flexibility index (Phi) is 4.81. The quantitative estimate of drug-likeness (QED) is 0.773. The van der Waals surface area contributed by atoms with Crippen LogP contribution < -0.4 is 0 Å². The lowest BCUT2D eigenvalue weighted by atomic mass is 9.97. The van der Waals surface area contributed by atoms with E-state index in [9.17, 15) is 14.9 Å². The maximum absolute atomic E-state index is 12.6. The lowest BCUT2D eigenvalue weighted by Crippen LogP contribution is -2.29. The summed E-state index contributed by atoms with van der Waals surface area (Å²) in [5, 5.41) is 9.49. The highest BCUT2D eigenvalue weighted by Crippen LogP contribution is 2.26. The second-order valence-electron chi connectivity index (χ2n) is 6.00. The molecule has 0 bridgehead atoms. The first-order chi connectivity index (χ1) is 12.6. The van der Waals surface area contributed by atoms with E-state index >= 15 is 0 Å². The van der Waals surface area contributed by atoms with Gasteiger partial charge in [0.1, 0.15) is 6.07 Å². The molecule has 0 aliphatic carbocycles. The molecule has 1 heterocycles. The fraction of sp³-hybridized carbons (Fsp3) is 0.136. The van der Waals surface area contributed by atoms with Gasteiger partial charge in [-0.1, -0.05) is 36.4 Å². The zero-order valence-electron chi connectivity index (χ0n) is 14.7. The van der Waals surface area contributed by atoms with E-state index in [2.05, 4.69) is 6.07 Å². The molecule has 0 N–H and O–H groups in total. The van der Waals surface area contributed by atoms with Crippen molar-refractivity contribution in [2.24, 2.45) is 0 Å². The summed E-state index contributed by atoms with van der Waals surface area (Å²) in [7, 11) is 0. The molecule has 4 nitrogen and oxygen atoms in total. The molecule has 1 aliphatic rings. The molecule has 0 aromatic heterocycles. The summed E-state index contributed by atoms with van der Waals surface area (Å²) in [6.07, 6.45) is 7.44. The lowest BCUT2D eigenvalue weighted by molar-refractivity contribution is 0.0642. The number of benzene rings is 2. The number of carbonyl (C=O) groups excluding carboxylic acids is 2. The van der Waals surface area contributed by atoms with Crippen LogP contribution >= 0.6 is 0 Å². The maximum atomic E-state index is 12.6. The minimum atomic E-state index is -0.282. The smallest absolute Gasteiger partial charge is 0.261 e. The zero-order chi connectivity index (χ0) is 18.7. The van der Waals surface area contributed by atoms with Crippen LogP contribution in [0.3, 0.4) is 0 Å². The Balaban J connectivity index is 2.02. The highest BCUT2D eigenvalue weighted by atomic mass is 16.2. The van der Waals surface area contributed by atoms with Crippen LogP contribution in [0.15, 0.2) is 48.6 Å². The number of amides is 2. The van der Waals surface area contributed by atoms with Gasteiger partial charge in [-0.2, -0.15) is 5.26 Å². The van der Waals surface area contributed by atoms with E-state index in [0.717, 1.165) is 16.7 Å². The second kappa shape index (κ2) is 7.20. The fourth-order valence-electron chi connectivity index (χ4n) is 3.16. The Hall–Kier alpha value is -3.45. The average Bonchev–Trinajstić information content (AvgIpc) is 2.88. The van der Waals surface area contributed by atoms with Crippen LogP contribution in [0, 0.1) is 11.3 Å². The van der Waals surface area contributed by atoms with Gasteiger partial charge >= 0.3 is 0 Å². The molecule has 0 spiro atoms. The van der Waals surface area contributed by atoms with E-state index in [-0.39, 0.29) is 18.4 Å². The summed E-state index contributed by atoms with van der Waals surface area (Å²) in [6, 6.07) is 12.8. The number of allylic oxidation sites excluding steroid dienone is 2. The van der Waals surface area contributed by atoms with Crippen molar-refractivity contribution in [3.05, 3.63) is 81.9 Å². The van der Waals surface area contributed by atoms with Crippen molar-refractivity contribution >= 4 is 24.0 Å². The fourth-order valence-corrected chi connectivity index (χ4v) is 3.16. The molecule has 0 radical (unpaired) electrons. The first-order valence-corrected chi connectivity index (χ1v) is 8.38. The predicted octanol–water partition coefficient (Wildman–Crippen LogP) is 4.42. The monoisotopic (exact) mass is 342 g/mol. The number of fused-ring (bicyclic) bond motifs is 1. The summed E-state index contributed by atoms with van der Waals surface area (Å²) in [6.45, 7) is 3.94. The van der Waals surface area contributed by atoms with Crippen LogP contribution in [0.2, 0.25) is 0 Å². The first kappa shape index (κ1) is 17.4. The van der Waals surface area contributed by atoms with Crippen molar-refractivity contribution in [3.8, 4) is 6.07 Å². The highest BCUT2D eigenvalue weighted by molar-refractivity contribution is 6.21. The Morgan fingerprint density at radius 2 is 1.46 bits per heavy atom. The largest absolute Gasteiger partial charge is 0.270 e. The van der Waals surface area contributed by atoms with Gasteiger partial charge in [-0.05, 0) is 54.8 Å². The third-order valence-corrected chi connectivity index (χ3v) is 4.28. The molecule has 3 rings (SSSR count). The minimum Gasteiger partial charge on any atom is -0.270 e. The van der Waals surface area contributed by atoms with Gasteiger partial charge in [0.05, 0.1) is 23.2 Å². The number of nitrogens with zero attached hydrogens (tertiary/aromatic N) is 2. The normalized spacial score (nSPS) is 13.7. The summed E-state index contributed by atoms with van der Waals surface area (Å²) in [5.74, 6) is -0.565. The third kappa shape index (κ3) is 2.96. The number of imide groups is 1. The van der Waals surface area contributed by atoms with Crippen molar-refractivity contribution in [1.29, 1.82) is 5.26 Å². The third-order valence-electron chi connectivity index (χ3n) is 4.28. The van der Waals surface area contributed by atoms with Crippen LogP contribution in [-0.2, 0) is 6.54 Å². The van der Waals surface area contributed by atoms with Gasteiger partial charge in [-0.25, -0.2) is 0 Å². The molecule has 26 heavy (non-hydrogen) atoms. The number of hydrogen-bond donors (Lipinski definition) is 0. The van der Waals surface area contributed by atoms with Crippen LogP contribution in [0.4, 0.5) is 0 Å². The lowest BCUT2D eigenvalue weighted by Gasteiger charge is -2.16. The molecule has 2 amide bonds. The van der Waals surface area contributed by atoms with Crippen molar-refractivity contribution in [3.63, 3.8) is 0 Å². The number of hydrogen-bond acceptors (Lipinski definition) is 3. The first-order valence-electron chi connectivity index (χ1n) is 8.38. The van der Waals surface area contributed by atoms with Gasteiger partial charge in [0.2, 0.25) is 0 Å². The van der Waals surface area contributed by atoms with E-state index in [1.54, 1.807) is 24.3 Å². The summed E-state index contributed by atoms with van der Waals surface area (Å²) < 4.78 is 0. The van der Waals surface area contributed by atoms with Crippen LogP contribution in [-0.4, -0.2) is 16.7 Å². The van der Waals surface area contributed by atoms with Crippen LogP contribution in [0.25, 0.3) is 12.2 Å². The summed E-state index contributed by atoms with van der Waals surface area (Å²) in [4.78, 5) is 26.4. The molecule has 2 aromatic rings. The molecule has 0 fully saturated rings. The summed E-state index contributed by atoms with van der Waals surface area (Å²) in [5.41, 5.74) is 3.81. The van der Waals surface area contributed by atoms with Crippen LogP contribution in [0.5, 0.6) is 0 Å². The molecule has 128 valence electrons. The topological polar surface area (TPSA) is 61.2 Å². The van der Waals surface area contributed by atoms with Crippen molar-refractivity contribution in [2.45, 2.75) is 20.4 Å². The Bertz CT molecular complexity index is 925. The standard InChI is InChI=1S/C22H18N2O2/c1-3-7-16-11-15(12-17(8-4-2)20(16)13-23)14-24-21(25)18-9-5-6-10-19(18)22(24)26/h3-12H,14H2,1-2H3. The van der Waals surface area contributed by atoms with Gasteiger partial charge in [0.25, 0.3) is 11.8 Å². The van der Waals surface area contributed by atoms with Crippen molar-refractivity contribution in [2.75, 3.05) is 0 Å². The molecular formula is C22H18N2O2. The number of carbonyl (C=O) groups is 2. The molecule has 2 aromatic carbocycles. The molecule has 0 unspecified atom stereocenters. The van der Waals surface area contributed by atoms with E-state index in [1.807, 2.05) is 50.3 Å². The zero-order valence-corrected chi connectivity index (χ0v) is 14.7. The molecule has 0 saturated heterocycles. The Morgan fingerprint density at radius 1 is 0.962 bits per heavy atom. The van der Waals surface area contributed by atoms with E-state index < -0.39 is 0 Å². The van der Waals surface area contributed by atoms with E-state index in [4.69, 9.17) is 0 Å². The SMILES string of the molecule is CC=Cc1cc(CN2C(=O)c3ccccc3C2=O)cc(C=CC)c1C#N. The average molecular weight is 342 g/mol. The molecular weight excluding hydrogens is 324 g/mol. The van der Waals surface area contributed by atoms with E-state index in [1.165, 1.54) is 4.90 Å².